The van der Waals surface area contributed by atoms with Crippen LogP contribution in [-0.2, 0) is 4.79 Å². The Balaban J connectivity index is 2.57. The Morgan fingerprint density at radius 1 is 1.21 bits per heavy atom. The molecule has 3 N–H and O–H groups in total. The summed E-state index contributed by atoms with van der Waals surface area (Å²) in [7, 11) is 0. The zero-order valence-corrected chi connectivity index (χ0v) is 12.4. The summed E-state index contributed by atoms with van der Waals surface area (Å²) in [6.07, 6.45) is 0. The number of carboxylic acid groups (broad SMARTS) is 1. The van der Waals surface area contributed by atoms with E-state index >= 15 is 0 Å². The summed E-state index contributed by atoms with van der Waals surface area (Å²) < 4.78 is 0. The summed E-state index contributed by atoms with van der Waals surface area (Å²) in [6.45, 7) is 7.38. The van der Waals surface area contributed by atoms with E-state index in [4.69, 9.17) is 5.11 Å². The molecule has 0 aliphatic heterocycles. The molecule has 1 aromatic rings. The van der Waals surface area contributed by atoms with E-state index in [1.165, 1.54) is 4.88 Å². The average Bonchev–Trinajstić information content (AvgIpc) is 2.72. The molecule has 1 aromatic heterocycles. The Morgan fingerprint density at radius 2 is 1.84 bits per heavy atom. The number of aryl methyl sites for hydroxylation is 1. The zero-order chi connectivity index (χ0) is 14.6. The van der Waals surface area contributed by atoms with Gasteiger partial charge in [0.2, 0.25) is 0 Å². The van der Waals surface area contributed by atoms with Crippen molar-refractivity contribution < 1.29 is 14.7 Å². The van der Waals surface area contributed by atoms with Gasteiger partial charge < -0.3 is 15.7 Å². The smallest absolute Gasteiger partial charge is 0.326 e. The molecule has 0 saturated heterocycles. The molecule has 1 unspecified atom stereocenters. The maximum atomic E-state index is 11.8. The molecule has 2 atom stereocenters. The van der Waals surface area contributed by atoms with Crippen molar-refractivity contribution in [1.29, 1.82) is 0 Å². The molecule has 6 heteroatoms. The number of carbonyl (C=O) groups is 2. The van der Waals surface area contributed by atoms with Crippen molar-refractivity contribution in [2.45, 2.75) is 39.8 Å². The highest BCUT2D eigenvalue weighted by molar-refractivity contribution is 7.12. The Morgan fingerprint density at radius 3 is 2.26 bits per heavy atom. The second-order valence-electron chi connectivity index (χ2n) is 4.85. The van der Waals surface area contributed by atoms with Gasteiger partial charge in [-0.3, -0.25) is 0 Å². The van der Waals surface area contributed by atoms with Crippen molar-refractivity contribution in [2.75, 3.05) is 0 Å². The van der Waals surface area contributed by atoms with Crippen LogP contribution in [0.4, 0.5) is 4.79 Å². The molecule has 0 radical (unpaired) electrons. The molecule has 0 aromatic carbocycles. The number of hydrogen-bond donors (Lipinski definition) is 3. The number of thiophene rings is 1. The van der Waals surface area contributed by atoms with Gasteiger partial charge in [-0.1, -0.05) is 13.8 Å². The molecule has 1 heterocycles. The summed E-state index contributed by atoms with van der Waals surface area (Å²) in [5, 5.41) is 14.2. The predicted molar refractivity (Wildman–Crippen MR) is 75.4 cm³/mol. The van der Waals surface area contributed by atoms with Crippen molar-refractivity contribution in [2.24, 2.45) is 5.92 Å². The van der Waals surface area contributed by atoms with Crippen molar-refractivity contribution in [3.8, 4) is 0 Å². The van der Waals surface area contributed by atoms with Crippen LogP contribution in [-0.4, -0.2) is 23.1 Å². The molecular weight excluding hydrogens is 264 g/mol. The average molecular weight is 284 g/mol. The van der Waals surface area contributed by atoms with Gasteiger partial charge in [-0.25, -0.2) is 9.59 Å². The van der Waals surface area contributed by atoms with E-state index < -0.39 is 18.0 Å². The summed E-state index contributed by atoms with van der Waals surface area (Å²) in [4.78, 5) is 25.0. The highest BCUT2D eigenvalue weighted by Gasteiger charge is 2.24. The first-order valence-corrected chi connectivity index (χ1v) is 6.99. The molecule has 0 aliphatic rings. The number of urea groups is 1. The number of hydrogen-bond acceptors (Lipinski definition) is 3. The normalized spacial score (nSPS) is 13.9. The van der Waals surface area contributed by atoms with Gasteiger partial charge in [0.05, 0.1) is 6.04 Å². The minimum absolute atomic E-state index is 0.139. The first-order valence-electron chi connectivity index (χ1n) is 6.17. The third-order valence-electron chi connectivity index (χ3n) is 2.75. The van der Waals surface area contributed by atoms with Crippen LogP contribution in [0, 0.1) is 12.8 Å². The summed E-state index contributed by atoms with van der Waals surface area (Å²) in [5.74, 6) is -1.19. The molecule has 19 heavy (non-hydrogen) atoms. The summed E-state index contributed by atoms with van der Waals surface area (Å²) in [5.41, 5.74) is 0. The number of nitrogens with one attached hydrogen (secondary N) is 2. The predicted octanol–water partition coefficient (Wildman–Crippen LogP) is 2.53. The first-order chi connectivity index (χ1) is 8.81. The van der Waals surface area contributed by atoms with Gasteiger partial charge in [0.15, 0.2) is 0 Å². The van der Waals surface area contributed by atoms with Crippen molar-refractivity contribution in [3.63, 3.8) is 0 Å². The number of aliphatic carboxylic acids is 1. The molecule has 0 fully saturated rings. The van der Waals surface area contributed by atoms with Gasteiger partial charge in [-0.05, 0) is 31.9 Å². The van der Waals surface area contributed by atoms with Crippen LogP contribution < -0.4 is 10.6 Å². The second-order valence-corrected chi connectivity index (χ2v) is 6.17. The lowest BCUT2D eigenvalue weighted by atomic mass is 10.1. The maximum Gasteiger partial charge on any atom is 0.326 e. The maximum absolute atomic E-state index is 11.8. The third-order valence-corrected chi connectivity index (χ3v) is 3.94. The van der Waals surface area contributed by atoms with Crippen LogP contribution in [0.25, 0.3) is 0 Å². The number of amides is 2. The van der Waals surface area contributed by atoms with Gasteiger partial charge in [0, 0.05) is 9.75 Å². The van der Waals surface area contributed by atoms with E-state index in [0.29, 0.717) is 0 Å². The van der Waals surface area contributed by atoms with Gasteiger partial charge in [0.25, 0.3) is 0 Å². The molecule has 0 bridgehead atoms. The quantitative estimate of drug-likeness (QED) is 0.777. The Hall–Kier alpha value is -1.56. The van der Waals surface area contributed by atoms with Crippen LogP contribution in [0.15, 0.2) is 12.1 Å². The highest BCUT2D eigenvalue weighted by atomic mass is 32.1. The lowest BCUT2D eigenvalue weighted by Crippen LogP contribution is -2.49. The third kappa shape index (κ3) is 4.55. The van der Waals surface area contributed by atoms with Gasteiger partial charge in [-0.2, -0.15) is 0 Å². The van der Waals surface area contributed by atoms with Gasteiger partial charge in [0.1, 0.15) is 6.04 Å². The van der Waals surface area contributed by atoms with Crippen molar-refractivity contribution in [1.82, 2.24) is 10.6 Å². The highest BCUT2D eigenvalue weighted by Crippen LogP contribution is 2.22. The topological polar surface area (TPSA) is 78.4 Å². The summed E-state index contributed by atoms with van der Waals surface area (Å²) in [6, 6.07) is 2.48. The molecule has 0 aliphatic carbocycles. The second kappa shape index (κ2) is 6.56. The SMILES string of the molecule is Cc1ccc(C(C)NC(=O)N[C@@H](C(=O)O)C(C)C)s1. The standard InChI is InChI=1S/C13H20N2O3S/c1-7(2)11(12(16)17)15-13(18)14-9(4)10-6-5-8(3)19-10/h5-7,9,11H,1-4H3,(H,16,17)(H2,14,15,18)/t9?,11-/m1/s1. The fourth-order valence-electron chi connectivity index (χ4n) is 1.65. The monoisotopic (exact) mass is 284 g/mol. The largest absolute Gasteiger partial charge is 0.480 e. The molecule has 0 saturated carbocycles. The van der Waals surface area contributed by atoms with Gasteiger partial charge >= 0.3 is 12.0 Å². The Kier molecular flexibility index (Phi) is 5.35. The number of carboxylic acids is 1. The first kappa shape index (κ1) is 15.5. The minimum atomic E-state index is -1.02. The van der Waals surface area contributed by atoms with E-state index in [1.54, 1.807) is 25.2 Å². The molecular formula is C13H20N2O3S. The summed E-state index contributed by atoms with van der Waals surface area (Å²) >= 11 is 1.61. The van der Waals surface area contributed by atoms with Crippen molar-refractivity contribution in [3.05, 3.63) is 21.9 Å². The van der Waals surface area contributed by atoms with Crippen molar-refractivity contribution >= 4 is 23.3 Å². The lowest BCUT2D eigenvalue weighted by molar-refractivity contribution is -0.140. The minimum Gasteiger partial charge on any atom is -0.480 e. The van der Waals surface area contributed by atoms with Gasteiger partial charge in [-0.15, -0.1) is 11.3 Å². The van der Waals surface area contributed by atoms with E-state index in [1.807, 2.05) is 26.0 Å². The number of carbonyl (C=O) groups excluding carboxylic acids is 1. The fraction of sp³-hybridized carbons (Fsp3) is 0.538. The molecule has 0 spiro atoms. The van der Waals surface area contributed by atoms with Crippen LogP contribution in [0.2, 0.25) is 0 Å². The van der Waals surface area contributed by atoms with E-state index in [2.05, 4.69) is 10.6 Å². The van der Waals surface area contributed by atoms with Crippen LogP contribution >= 0.6 is 11.3 Å². The van der Waals surface area contributed by atoms with E-state index in [0.717, 1.165) is 4.88 Å². The molecule has 106 valence electrons. The van der Waals surface area contributed by atoms with E-state index in [9.17, 15) is 9.59 Å². The van der Waals surface area contributed by atoms with Crippen LogP contribution in [0.5, 0.6) is 0 Å². The number of rotatable bonds is 5. The van der Waals surface area contributed by atoms with Crippen LogP contribution in [0.3, 0.4) is 0 Å². The Labute approximate surface area is 117 Å². The van der Waals surface area contributed by atoms with Crippen LogP contribution in [0.1, 0.15) is 36.6 Å². The Bertz CT molecular complexity index is 456. The molecule has 5 nitrogen and oxygen atoms in total. The van der Waals surface area contributed by atoms with E-state index in [-0.39, 0.29) is 12.0 Å². The molecule has 1 rings (SSSR count). The molecule has 2 amide bonds. The zero-order valence-electron chi connectivity index (χ0n) is 11.6. The fourth-order valence-corrected chi connectivity index (χ4v) is 2.53. The lowest BCUT2D eigenvalue weighted by Gasteiger charge is -2.20.